The number of halogens is 1. The van der Waals surface area contributed by atoms with Gasteiger partial charge in [0.25, 0.3) is 0 Å². The second-order valence-electron chi connectivity index (χ2n) is 3.38. The van der Waals surface area contributed by atoms with Crippen LogP contribution in [0.4, 0.5) is 11.4 Å². The molecule has 2 nitrogen and oxygen atoms in total. The molecule has 82 valence electrons. The number of hydrogen-bond donors (Lipinski definition) is 2. The van der Waals surface area contributed by atoms with Crippen molar-refractivity contribution in [2.75, 3.05) is 10.6 Å². The fraction of sp³-hybridized carbons (Fsp3) is 0.0769. The summed E-state index contributed by atoms with van der Waals surface area (Å²) in [6, 6.07) is 19.7. The van der Waals surface area contributed by atoms with Crippen molar-refractivity contribution in [3.63, 3.8) is 0 Å². The predicted octanol–water partition coefficient (Wildman–Crippen LogP) is 3.73. The van der Waals surface area contributed by atoms with E-state index in [1.807, 2.05) is 60.7 Å². The molecule has 0 atom stereocenters. The number of hydrogen-bond acceptors (Lipinski definition) is 2. The molecule has 0 unspecified atom stereocenters. The quantitative estimate of drug-likeness (QED) is 0.477. The topological polar surface area (TPSA) is 24.1 Å². The molecule has 0 saturated carbocycles. The standard InChI is InChI=1S/C13H13ClN2/c14-13(15-11-7-3-1-4-8-11)16-12-9-5-2-6-10-12/h1-10,13,15-16H. The Hall–Kier alpha value is -1.67. The highest BCUT2D eigenvalue weighted by molar-refractivity contribution is 6.22. The Kier molecular flexibility index (Phi) is 3.67. The first kappa shape index (κ1) is 10.8. The van der Waals surface area contributed by atoms with Gasteiger partial charge in [0.1, 0.15) is 0 Å². The Morgan fingerprint density at radius 1 is 0.688 bits per heavy atom. The van der Waals surface area contributed by atoms with E-state index < -0.39 is 0 Å². The van der Waals surface area contributed by atoms with Crippen LogP contribution in [-0.2, 0) is 0 Å². The van der Waals surface area contributed by atoms with Crippen LogP contribution in [-0.4, -0.2) is 5.62 Å². The van der Waals surface area contributed by atoms with Crippen molar-refractivity contribution >= 4 is 23.0 Å². The van der Waals surface area contributed by atoms with E-state index in [0.717, 1.165) is 11.4 Å². The van der Waals surface area contributed by atoms with E-state index in [1.54, 1.807) is 0 Å². The zero-order valence-electron chi connectivity index (χ0n) is 8.73. The summed E-state index contributed by atoms with van der Waals surface area (Å²) < 4.78 is 0. The van der Waals surface area contributed by atoms with Crippen LogP contribution in [0.5, 0.6) is 0 Å². The first-order chi connectivity index (χ1) is 7.84. The second kappa shape index (κ2) is 5.42. The third kappa shape index (κ3) is 3.17. The molecular formula is C13H13ClN2. The molecule has 0 spiro atoms. The fourth-order valence-electron chi connectivity index (χ4n) is 1.40. The van der Waals surface area contributed by atoms with Crippen molar-refractivity contribution in [3.8, 4) is 0 Å². The van der Waals surface area contributed by atoms with Gasteiger partial charge in [0.2, 0.25) is 0 Å². The number of nitrogens with one attached hydrogen (secondary N) is 2. The molecule has 0 fully saturated rings. The van der Waals surface area contributed by atoms with E-state index >= 15 is 0 Å². The summed E-state index contributed by atoms with van der Waals surface area (Å²) >= 11 is 6.13. The third-order valence-corrected chi connectivity index (χ3v) is 2.35. The largest absolute Gasteiger partial charge is 0.353 e. The normalized spacial score (nSPS) is 10.1. The molecule has 2 N–H and O–H groups in total. The van der Waals surface area contributed by atoms with Gasteiger partial charge in [-0.3, -0.25) is 0 Å². The van der Waals surface area contributed by atoms with Crippen molar-refractivity contribution in [1.29, 1.82) is 0 Å². The third-order valence-electron chi connectivity index (χ3n) is 2.13. The Bertz CT molecular complexity index is 375. The Morgan fingerprint density at radius 3 is 1.44 bits per heavy atom. The minimum absolute atomic E-state index is 0.329. The average Bonchev–Trinajstić information content (AvgIpc) is 2.31. The molecule has 0 aromatic heterocycles. The van der Waals surface area contributed by atoms with Gasteiger partial charge in [-0.05, 0) is 24.3 Å². The zero-order valence-corrected chi connectivity index (χ0v) is 9.48. The van der Waals surface area contributed by atoms with Gasteiger partial charge >= 0.3 is 0 Å². The Morgan fingerprint density at radius 2 is 1.06 bits per heavy atom. The van der Waals surface area contributed by atoms with Crippen LogP contribution in [0, 0.1) is 0 Å². The molecule has 16 heavy (non-hydrogen) atoms. The van der Waals surface area contributed by atoms with Gasteiger partial charge in [0.15, 0.2) is 5.62 Å². The number of anilines is 2. The number of benzene rings is 2. The minimum Gasteiger partial charge on any atom is -0.353 e. The first-order valence-corrected chi connectivity index (χ1v) is 5.55. The summed E-state index contributed by atoms with van der Waals surface area (Å²) in [6.45, 7) is 0. The predicted molar refractivity (Wildman–Crippen MR) is 69.8 cm³/mol. The lowest BCUT2D eigenvalue weighted by molar-refractivity contribution is 1.12. The van der Waals surface area contributed by atoms with Crippen LogP contribution in [0.1, 0.15) is 0 Å². The zero-order chi connectivity index (χ0) is 11.2. The lowest BCUT2D eigenvalue weighted by atomic mass is 10.3. The maximum Gasteiger partial charge on any atom is 0.175 e. The van der Waals surface area contributed by atoms with Crippen molar-refractivity contribution in [2.45, 2.75) is 5.62 Å². The summed E-state index contributed by atoms with van der Waals surface area (Å²) in [5.74, 6) is 0. The molecule has 0 bridgehead atoms. The summed E-state index contributed by atoms with van der Waals surface area (Å²) in [6.07, 6.45) is 0. The highest BCUT2D eigenvalue weighted by atomic mass is 35.5. The minimum atomic E-state index is -0.329. The molecule has 0 aliphatic rings. The molecule has 2 rings (SSSR count). The van der Waals surface area contributed by atoms with Gasteiger partial charge in [-0.25, -0.2) is 0 Å². The highest BCUT2D eigenvalue weighted by Crippen LogP contribution is 2.12. The lowest BCUT2D eigenvalue weighted by Crippen LogP contribution is -2.21. The molecule has 0 radical (unpaired) electrons. The maximum absolute atomic E-state index is 6.13. The number of para-hydroxylation sites is 2. The molecule has 0 aliphatic heterocycles. The van der Waals surface area contributed by atoms with Crippen LogP contribution in [0.15, 0.2) is 60.7 Å². The second-order valence-corrected chi connectivity index (χ2v) is 3.82. The van der Waals surface area contributed by atoms with E-state index in [1.165, 1.54) is 0 Å². The molecule has 3 heteroatoms. The van der Waals surface area contributed by atoms with E-state index in [4.69, 9.17) is 11.6 Å². The molecule has 0 heterocycles. The monoisotopic (exact) mass is 232 g/mol. The molecule has 2 aromatic rings. The van der Waals surface area contributed by atoms with Crippen LogP contribution in [0.25, 0.3) is 0 Å². The maximum atomic E-state index is 6.13. The SMILES string of the molecule is ClC(Nc1ccccc1)Nc1ccccc1. The van der Waals surface area contributed by atoms with Crippen molar-refractivity contribution in [1.82, 2.24) is 0 Å². The smallest absolute Gasteiger partial charge is 0.175 e. The van der Waals surface area contributed by atoms with Crippen LogP contribution < -0.4 is 10.6 Å². The van der Waals surface area contributed by atoms with Crippen LogP contribution in [0.3, 0.4) is 0 Å². The summed E-state index contributed by atoms with van der Waals surface area (Å²) in [5, 5.41) is 6.29. The Labute approximate surface area is 100 Å². The van der Waals surface area contributed by atoms with Gasteiger partial charge in [0, 0.05) is 11.4 Å². The van der Waals surface area contributed by atoms with Gasteiger partial charge < -0.3 is 10.6 Å². The van der Waals surface area contributed by atoms with Crippen molar-refractivity contribution < 1.29 is 0 Å². The van der Waals surface area contributed by atoms with Crippen molar-refractivity contribution in [3.05, 3.63) is 60.7 Å². The van der Waals surface area contributed by atoms with Crippen molar-refractivity contribution in [2.24, 2.45) is 0 Å². The average molecular weight is 233 g/mol. The number of alkyl halides is 1. The fourth-order valence-corrected chi connectivity index (χ4v) is 1.65. The molecule has 2 aromatic carbocycles. The Balaban J connectivity index is 1.92. The van der Waals surface area contributed by atoms with Gasteiger partial charge in [-0.2, -0.15) is 0 Å². The van der Waals surface area contributed by atoms with Crippen LogP contribution >= 0.6 is 11.6 Å². The molecule has 0 aliphatic carbocycles. The summed E-state index contributed by atoms with van der Waals surface area (Å²) in [7, 11) is 0. The van der Waals surface area contributed by atoms with Crippen LogP contribution in [0.2, 0.25) is 0 Å². The van der Waals surface area contributed by atoms with Gasteiger partial charge in [-0.1, -0.05) is 48.0 Å². The summed E-state index contributed by atoms with van der Waals surface area (Å²) in [5.41, 5.74) is 1.65. The van der Waals surface area contributed by atoms with E-state index in [9.17, 15) is 0 Å². The van der Waals surface area contributed by atoms with Gasteiger partial charge in [0.05, 0.1) is 0 Å². The first-order valence-electron chi connectivity index (χ1n) is 5.12. The highest BCUT2D eigenvalue weighted by Gasteiger charge is 2.02. The molecule has 0 amide bonds. The van der Waals surface area contributed by atoms with E-state index in [2.05, 4.69) is 10.6 Å². The lowest BCUT2D eigenvalue weighted by Gasteiger charge is -2.15. The van der Waals surface area contributed by atoms with Gasteiger partial charge in [-0.15, -0.1) is 0 Å². The molecule has 0 saturated heterocycles. The van der Waals surface area contributed by atoms with E-state index in [-0.39, 0.29) is 5.62 Å². The molecular weight excluding hydrogens is 220 g/mol. The summed E-state index contributed by atoms with van der Waals surface area (Å²) in [4.78, 5) is 0. The van der Waals surface area contributed by atoms with E-state index in [0.29, 0.717) is 0 Å². The number of rotatable bonds is 4.